The van der Waals surface area contributed by atoms with Crippen LogP contribution in [0.1, 0.15) is 60.0 Å². The van der Waals surface area contributed by atoms with Crippen LogP contribution in [-0.4, -0.2) is 12.4 Å². The van der Waals surface area contributed by atoms with Crippen molar-refractivity contribution in [2.45, 2.75) is 51.9 Å². The first-order valence-electron chi connectivity index (χ1n) is 7.65. The van der Waals surface area contributed by atoms with E-state index in [4.69, 9.17) is 4.74 Å². The quantitative estimate of drug-likeness (QED) is 0.826. The number of Topliss-reactive ketones (excluding diaryl/α,β-unsaturated/α-hetero) is 1. The van der Waals surface area contributed by atoms with E-state index in [1.54, 1.807) is 6.92 Å². The molecule has 1 fully saturated rings. The Kier molecular flexibility index (Phi) is 3.77. The lowest BCUT2D eigenvalue weighted by Gasteiger charge is -2.22. The van der Waals surface area contributed by atoms with Gasteiger partial charge in [0.25, 0.3) is 0 Å². The van der Waals surface area contributed by atoms with E-state index in [9.17, 15) is 9.18 Å². The zero-order valence-electron chi connectivity index (χ0n) is 12.0. The van der Waals surface area contributed by atoms with E-state index in [0.717, 1.165) is 24.3 Å². The Morgan fingerprint density at radius 3 is 2.80 bits per heavy atom. The molecule has 1 aliphatic heterocycles. The summed E-state index contributed by atoms with van der Waals surface area (Å²) in [7, 11) is 0. The highest BCUT2D eigenvalue weighted by molar-refractivity contribution is 6.02. The molecule has 2 aliphatic rings. The van der Waals surface area contributed by atoms with Gasteiger partial charge in [-0.1, -0.05) is 32.1 Å². The smallest absolute Gasteiger partial charge is 0.204 e. The number of hydrogen-bond donors (Lipinski definition) is 0. The van der Waals surface area contributed by atoms with Crippen molar-refractivity contribution < 1.29 is 13.9 Å². The minimum Gasteiger partial charge on any atom is -0.484 e. The van der Waals surface area contributed by atoms with Crippen LogP contribution in [0.2, 0.25) is 0 Å². The van der Waals surface area contributed by atoms with Crippen LogP contribution < -0.4 is 4.74 Å². The molecule has 1 aromatic carbocycles. The van der Waals surface area contributed by atoms with Gasteiger partial charge in [-0.25, -0.2) is 4.39 Å². The fourth-order valence-electron chi connectivity index (χ4n) is 3.49. The standard InChI is InChI=1S/C17H21FO2/c1-11-13(8-7-12-5-3-2-4-6-12)17-14(9-15(11)18)16(19)10-20-17/h9,12H,2-8,10H2,1H3. The molecular formula is C17H21FO2. The van der Waals surface area contributed by atoms with Gasteiger partial charge in [-0.15, -0.1) is 0 Å². The van der Waals surface area contributed by atoms with Crippen LogP contribution in [0, 0.1) is 18.7 Å². The highest BCUT2D eigenvalue weighted by atomic mass is 19.1. The first-order valence-corrected chi connectivity index (χ1v) is 7.65. The van der Waals surface area contributed by atoms with Crippen LogP contribution in [0.4, 0.5) is 4.39 Å². The maximum atomic E-state index is 14.0. The Morgan fingerprint density at radius 1 is 1.30 bits per heavy atom. The van der Waals surface area contributed by atoms with Crippen molar-refractivity contribution in [2.75, 3.05) is 6.61 Å². The Hall–Kier alpha value is -1.38. The van der Waals surface area contributed by atoms with Crippen molar-refractivity contribution in [1.29, 1.82) is 0 Å². The predicted octanol–water partition coefficient (Wildman–Crippen LogP) is 4.22. The average molecular weight is 276 g/mol. The van der Waals surface area contributed by atoms with Gasteiger partial charge in [0.05, 0.1) is 5.56 Å². The fraction of sp³-hybridized carbons (Fsp3) is 0.588. The van der Waals surface area contributed by atoms with Gasteiger partial charge < -0.3 is 4.74 Å². The number of ketones is 1. The van der Waals surface area contributed by atoms with Crippen molar-refractivity contribution in [3.63, 3.8) is 0 Å². The van der Waals surface area contributed by atoms with Gasteiger partial charge in [0.1, 0.15) is 11.6 Å². The minimum atomic E-state index is -0.277. The van der Waals surface area contributed by atoms with Gasteiger partial charge in [0.2, 0.25) is 5.78 Å². The van der Waals surface area contributed by atoms with Crippen molar-refractivity contribution in [1.82, 2.24) is 0 Å². The summed E-state index contributed by atoms with van der Waals surface area (Å²) in [4.78, 5) is 11.7. The second kappa shape index (κ2) is 5.55. The van der Waals surface area contributed by atoms with Gasteiger partial charge in [0.15, 0.2) is 6.61 Å². The monoisotopic (exact) mass is 276 g/mol. The Bertz CT molecular complexity index is 530. The van der Waals surface area contributed by atoms with Gasteiger partial charge in [-0.05, 0) is 37.3 Å². The predicted molar refractivity (Wildman–Crippen MR) is 75.9 cm³/mol. The first-order chi connectivity index (χ1) is 9.66. The summed E-state index contributed by atoms with van der Waals surface area (Å²) in [6, 6.07) is 1.34. The van der Waals surface area contributed by atoms with Crippen LogP contribution in [-0.2, 0) is 6.42 Å². The average Bonchev–Trinajstić information content (AvgIpc) is 2.82. The summed E-state index contributed by atoms with van der Waals surface area (Å²) in [6.45, 7) is 1.85. The molecule has 0 amide bonds. The van der Waals surface area contributed by atoms with E-state index in [2.05, 4.69) is 0 Å². The maximum absolute atomic E-state index is 14.0. The van der Waals surface area contributed by atoms with Crippen LogP contribution >= 0.6 is 0 Å². The molecule has 0 aromatic heterocycles. The largest absolute Gasteiger partial charge is 0.484 e. The van der Waals surface area contributed by atoms with E-state index in [1.807, 2.05) is 0 Å². The number of halogens is 1. The number of rotatable bonds is 3. The molecule has 108 valence electrons. The number of carbonyl (C=O) groups excluding carboxylic acids is 1. The molecule has 0 saturated heterocycles. The van der Waals surface area contributed by atoms with Gasteiger partial charge >= 0.3 is 0 Å². The van der Waals surface area contributed by atoms with Crippen LogP contribution in [0.15, 0.2) is 6.07 Å². The molecule has 0 bridgehead atoms. The summed E-state index contributed by atoms with van der Waals surface area (Å²) in [5.41, 5.74) is 2.00. The first kappa shape index (κ1) is 13.6. The molecule has 0 N–H and O–H groups in total. The minimum absolute atomic E-state index is 0.0641. The number of fused-ring (bicyclic) bond motifs is 1. The van der Waals surface area contributed by atoms with Gasteiger partial charge in [0, 0.05) is 5.56 Å². The van der Waals surface area contributed by atoms with Crippen LogP contribution in [0.5, 0.6) is 5.75 Å². The molecule has 20 heavy (non-hydrogen) atoms. The molecule has 1 aromatic rings. The Labute approximate surface area is 119 Å². The van der Waals surface area contributed by atoms with E-state index in [1.165, 1.54) is 38.2 Å². The lowest BCUT2D eigenvalue weighted by Crippen LogP contribution is -2.08. The van der Waals surface area contributed by atoms with E-state index in [0.29, 0.717) is 16.9 Å². The SMILES string of the molecule is Cc1c(F)cc2c(c1CCC1CCCCC1)OCC2=O. The van der Waals surface area contributed by atoms with Crippen molar-refractivity contribution in [3.8, 4) is 5.75 Å². The fourth-order valence-corrected chi connectivity index (χ4v) is 3.49. The topological polar surface area (TPSA) is 26.3 Å². The lowest BCUT2D eigenvalue weighted by atomic mass is 9.84. The molecule has 1 heterocycles. The molecule has 1 aliphatic carbocycles. The van der Waals surface area contributed by atoms with E-state index >= 15 is 0 Å². The molecule has 0 unspecified atom stereocenters. The summed E-state index contributed by atoms with van der Waals surface area (Å²) in [5.74, 6) is 1.02. The molecule has 3 rings (SSSR count). The zero-order chi connectivity index (χ0) is 14.1. The third-order valence-corrected chi connectivity index (χ3v) is 4.78. The highest BCUT2D eigenvalue weighted by Crippen LogP contribution is 2.36. The second-order valence-electron chi connectivity index (χ2n) is 6.09. The Morgan fingerprint density at radius 2 is 2.05 bits per heavy atom. The van der Waals surface area contributed by atoms with Crippen LogP contribution in [0.25, 0.3) is 0 Å². The normalized spacial score (nSPS) is 19.0. The summed E-state index contributed by atoms with van der Waals surface area (Å²) in [5, 5.41) is 0. The Balaban J connectivity index is 1.81. The lowest BCUT2D eigenvalue weighted by molar-refractivity contribution is 0.0961. The molecule has 1 saturated carbocycles. The van der Waals surface area contributed by atoms with Crippen molar-refractivity contribution >= 4 is 5.78 Å². The second-order valence-corrected chi connectivity index (χ2v) is 6.09. The number of hydrogen-bond acceptors (Lipinski definition) is 2. The van der Waals surface area contributed by atoms with Crippen LogP contribution in [0.3, 0.4) is 0 Å². The zero-order valence-corrected chi connectivity index (χ0v) is 12.0. The number of benzene rings is 1. The van der Waals surface area contributed by atoms with Crippen molar-refractivity contribution in [3.05, 3.63) is 28.6 Å². The van der Waals surface area contributed by atoms with E-state index < -0.39 is 0 Å². The molecule has 3 heteroatoms. The molecule has 0 atom stereocenters. The third kappa shape index (κ3) is 2.46. The number of carbonyl (C=O) groups is 1. The molecule has 0 spiro atoms. The summed E-state index contributed by atoms with van der Waals surface area (Å²) in [6.07, 6.45) is 8.47. The van der Waals surface area contributed by atoms with Gasteiger partial charge in [-0.3, -0.25) is 4.79 Å². The summed E-state index contributed by atoms with van der Waals surface area (Å²) >= 11 is 0. The third-order valence-electron chi connectivity index (χ3n) is 4.78. The summed E-state index contributed by atoms with van der Waals surface area (Å²) < 4.78 is 19.5. The molecule has 2 nitrogen and oxygen atoms in total. The maximum Gasteiger partial charge on any atom is 0.204 e. The highest BCUT2D eigenvalue weighted by Gasteiger charge is 2.27. The van der Waals surface area contributed by atoms with Crippen molar-refractivity contribution in [2.24, 2.45) is 5.92 Å². The van der Waals surface area contributed by atoms with E-state index in [-0.39, 0.29) is 18.2 Å². The van der Waals surface area contributed by atoms with Gasteiger partial charge in [-0.2, -0.15) is 0 Å². The number of ether oxygens (including phenoxy) is 1. The molecule has 0 radical (unpaired) electrons. The molecular weight excluding hydrogens is 255 g/mol.